The summed E-state index contributed by atoms with van der Waals surface area (Å²) in [5.41, 5.74) is 1.96. The molecule has 1 aliphatic heterocycles. The molecule has 22 heavy (non-hydrogen) atoms. The second kappa shape index (κ2) is 7.82. The van der Waals surface area contributed by atoms with Crippen LogP contribution < -0.4 is 4.74 Å². The summed E-state index contributed by atoms with van der Waals surface area (Å²) in [4.78, 5) is 19.3. The number of oxime groups is 1. The Morgan fingerprint density at radius 3 is 2.68 bits per heavy atom. The maximum absolute atomic E-state index is 11.9. The van der Waals surface area contributed by atoms with Gasteiger partial charge in [-0.2, -0.15) is 0 Å². The molecule has 5 heteroatoms. The second-order valence-corrected chi connectivity index (χ2v) is 5.39. The van der Waals surface area contributed by atoms with Crippen molar-refractivity contribution in [3.63, 3.8) is 0 Å². The molecule has 1 amide bonds. The Bertz CT molecular complexity index is 525. The fraction of sp³-hybridized carbons (Fsp3) is 0.529. The maximum atomic E-state index is 11.9. The Morgan fingerprint density at radius 1 is 1.36 bits per heavy atom. The normalized spacial score (nSPS) is 16.9. The first kappa shape index (κ1) is 16.3. The Hall–Kier alpha value is -2.04. The Balaban J connectivity index is 1.94. The lowest BCUT2D eigenvalue weighted by molar-refractivity contribution is -0.132. The van der Waals surface area contributed by atoms with E-state index < -0.39 is 0 Å². The highest BCUT2D eigenvalue weighted by atomic mass is 16.6. The highest BCUT2D eigenvalue weighted by molar-refractivity contribution is 6.01. The predicted octanol–water partition coefficient (Wildman–Crippen LogP) is 2.84. The van der Waals surface area contributed by atoms with E-state index in [1.165, 1.54) is 0 Å². The number of benzene rings is 1. The number of ether oxygens (including phenoxy) is 1. The lowest BCUT2D eigenvalue weighted by Gasteiger charge is -2.23. The number of nitrogens with zero attached hydrogens (tertiary/aromatic N) is 2. The minimum Gasteiger partial charge on any atom is -0.497 e. The first-order valence-corrected chi connectivity index (χ1v) is 7.82. The Kier molecular flexibility index (Phi) is 5.81. The monoisotopic (exact) mass is 304 g/mol. The average Bonchev–Trinajstić information content (AvgIpc) is 3.02. The average molecular weight is 304 g/mol. The maximum Gasteiger partial charge on any atom is 0.222 e. The third-order valence-electron chi connectivity index (χ3n) is 3.73. The van der Waals surface area contributed by atoms with Gasteiger partial charge in [0, 0.05) is 19.4 Å². The van der Waals surface area contributed by atoms with Crippen LogP contribution >= 0.6 is 0 Å². The first-order chi connectivity index (χ1) is 10.7. The van der Waals surface area contributed by atoms with Crippen molar-refractivity contribution in [1.82, 2.24) is 4.90 Å². The van der Waals surface area contributed by atoms with Gasteiger partial charge in [0.1, 0.15) is 5.75 Å². The van der Waals surface area contributed by atoms with Crippen LogP contribution in [0.25, 0.3) is 0 Å². The summed E-state index contributed by atoms with van der Waals surface area (Å²) in [5.74, 6) is 0.992. The number of amides is 1. The molecule has 5 nitrogen and oxygen atoms in total. The molecule has 1 aliphatic rings. The highest BCUT2D eigenvalue weighted by Crippen LogP contribution is 2.20. The molecule has 0 bridgehead atoms. The van der Waals surface area contributed by atoms with Crippen molar-refractivity contribution in [3.8, 4) is 5.75 Å². The van der Waals surface area contributed by atoms with Crippen molar-refractivity contribution >= 4 is 11.6 Å². The lowest BCUT2D eigenvalue weighted by Crippen LogP contribution is -2.37. The molecule has 0 unspecified atom stereocenters. The fourth-order valence-electron chi connectivity index (χ4n) is 2.54. The van der Waals surface area contributed by atoms with Gasteiger partial charge in [-0.15, -0.1) is 0 Å². The number of hydrogen-bond acceptors (Lipinski definition) is 4. The van der Waals surface area contributed by atoms with E-state index in [0.717, 1.165) is 36.4 Å². The van der Waals surface area contributed by atoms with Gasteiger partial charge in [0.25, 0.3) is 0 Å². The van der Waals surface area contributed by atoms with E-state index in [2.05, 4.69) is 12.1 Å². The molecule has 0 radical (unpaired) electrons. The zero-order valence-electron chi connectivity index (χ0n) is 13.5. The van der Waals surface area contributed by atoms with Crippen LogP contribution in [0.4, 0.5) is 0 Å². The summed E-state index contributed by atoms with van der Waals surface area (Å²) >= 11 is 0. The van der Waals surface area contributed by atoms with Crippen LogP contribution in [-0.2, 0) is 9.63 Å². The van der Waals surface area contributed by atoms with Gasteiger partial charge in [-0.05, 0) is 36.2 Å². The molecule has 2 rings (SSSR count). The van der Waals surface area contributed by atoms with Crippen LogP contribution in [0, 0.1) is 0 Å². The Morgan fingerprint density at radius 2 is 2.09 bits per heavy atom. The summed E-state index contributed by atoms with van der Waals surface area (Å²) in [7, 11) is 1.65. The minimum absolute atomic E-state index is 0.0563. The number of carbonyl (C=O) groups excluding carboxylic acids is 1. The van der Waals surface area contributed by atoms with Crippen molar-refractivity contribution in [1.29, 1.82) is 0 Å². The van der Waals surface area contributed by atoms with Crippen LogP contribution in [0.2, 0.25) is 0 Å². The minimum atomic E-state index is -0.0563. The van der Waals surface area contributed by atoms with Crippen molar-refractivity contribution in [3.05, 3.63) is 29.8 Å². The second-order valence-electron chi connectivity index (χ2n) is 5.39. The molecule has 0 spiro atoms. The first-order valence-electron chi connectivity index (χ1n) is 7.82. The van der Waals surface area contributed by atoms with Gasteiger partial charge in [-0.25, -0.2) is 0 Å². The zero-order valence-corrected chi connectivity index (χ0v) is 13.5. The van der Waals surface area contributed by atoms with Gasteiger partial charge in [0.15, 0.2) is 6.10 Å². The molecule has 1 heterocycles. The summed E-state index contributed by atoms with van der Waals surface area (Å²) in [6.07, 6.45) is 2.15. The van der Waals surface area contributed by atoms with Gasteiger partial charge < -0.3 is 14.5 Å². The molecular formula is C17H24N2O3. The molecule has 0 saturated heterocycles. The van der Waals surface area contributed by atoms with E-state index >= 15 is 0 Å². The quantitative estimate of drug-likeness (QED) is 0.778. The van der Waals surface area contributed by atoms with E-state index in [4.69, 9.17) is 9.57 Å². The summed E-state index contributed by atoms with van der Waals surface area (Å²) < 4.78 is 5.16. The van der Waals surface area contributed by atoms with Crippen LogP contribution in [0.5, 0.6) is 5.75 Å². The van der Waals surface area contributed by atoms with Crippen molar-refractivity contribution in [2.24, 2.45) is 5.16 Å². The predicted molar refractivity (Wildman–Crippen MR) is 86.2 cm³/mol. The smallest absolute Gasteiger partial charge is 0.222 e. The van der Waals surface area contributed by atoms with Gasteiger partial charge >= 0.3 is 0 Å². The van der Waals surface area contributed by atoms with Crippen LogP contribution in [-0.4, -0.2) is 42.8 Å². The topological polar surface area (TPSA) is 51.1 Å². The van der Waals surface area contributed by atoms with Gasteiger partial charge in [0.05, 0.1) is 19.4 Å². The standard InChI is InChI=1S/C17H24N2O3/c1-4-10-19(17(20)5-2)12-15-11-16(18-22-15)13-6-8-14(21-3)9-7-13/h6-9,15H,4-5,10-12H2,1-3H3/t15-/m1/s1. The summed E-state index contributed by atoms with van der Waals surface area (Å²) in [6.45, 7) is 5.33. The van der Waals surface area contributed by atoms with E-state index in [9.17, 15) is 4.79 Å². The van der Waals surface area contributed by atoms with Crippen molar-refractivity contribution in [2.75, 3.05) is 20.2 Å². The van der Waals surface area contributed by atoms with Crippen LogP contribution in [0.15, 0.2) is 29.4 Å². The molecule has 0 aliphatic carbocycles. The molecule has 0 fully saturated rings. The SMILES string of the molecule is CCCN(C[C@H]1CC(c2ccc(OC)cc2)=NO1)C(=O)CC. The molecule has 1 atom stereocenters. The van der Waals surface area contributed by atoms with E-state index in [0.29, 0.717) is 13.0 Å². The third kappa shape index (κ3) is 4.00. The van der Waals surface area contributed by atoms with Gasteiger partial charge in [-0.1, -0.05) is 19.0 Å². The molecule has 1 aromatic carbocycles. The van der Waals surface area contributed by atoms with E-state index in [1.54, 1.807) is 7.11 Å². The summed E-state index contributed by atoms with van der Waals surface area (Å²) in [5, 5.41) is 4.18. The zero-order chi connectivity index (χ0) is 15.9. The largest absolute Gasteiger partial charge is 0.497 e. The number of carbonyl (C=O) groups is 1. The molecule has 0 N–H and O–H groups in total. The molecule has 1 aromatic rings. The number of hydrogen-bond donors (Lipinski definition) is 0. The highest BCUT2D eigenvalue weighted by Gasteiger charge is 2.25. The number of methoxy groups -OCH3 is 1. The third-order valence-corrected chi connectivity index (χ3v) is 3.73. The van der Waals surface area contributed by atoms with E-state index in [-0.39, 0.29) is 12.0 Å². The lowest BCUT2D eigenvalue weighted by atomic mass is 10.0. The fourth-order valence-corrected chi connectivity index (χ4v) is 2.54. The number of rotatable bonds is 7. The molecule has 120 valence electrons. The Labute approximate surface area is 131 Å². The molecule has 0 saturated carbocycles. The van der Waals surface area contributed by atoms with E-state index in [1.807, 2.05) is 36.1 Å². The van der Waals surface area contributed by atoms with Gasteiger partial charge in [-0.3, -0.25) is 4.79 Å². The van der Waals surface area contributed by atoms with Gasteiger partial charge in [0.2, 0.25) is 5.91 Å². The summed E-state index contributed by atoms with van der Waals surface area (Å²) in [6, 6.07) is 7.78. The van der Waals surface area contributed by atoms with Crippen LogP contribution in [0.1, 0.15) is 38.7 Å². The molecule has 0 aromatic heterocycles. The van der Waals surface area contributed by atoms with Crippen molar-refractivity contribution in [2.45, 2.75) is 39.2 Å². The van der Waals surface area contributed by atoms with Crippen LogP contribution in [0.3, 0.4) is 0 Å². The van der Waals surface area contributed by atoms with Crippen molar-refractivity contribution < 1.29 is 14.4 Å². The molecular weight excluding hydrogens is 280 g/mol.